The molecule has 144 valence electrons. The van der Waals surface area contributed by atoms with Crippen molar-refractivity contribution < 1.29 is 19.0 Å². The SMILES string of the molecule is COc1ccc(C=Cc2nnc(NC(=O)COc3ccccc3OC)s2)cc1. The van der Waals surface area contributed by atoms with Gasteiger partial charge in [-0.05, 0) is 35.9 Å². The van der Waals surface area contributed by atoms with Crippen molar-refractivity contribution in [2.75, 3.05) is 26.1 Å². The summed E-state index contributed by atoms with van der Waals surface area (Å²) < 4.78 is 15.8. The maximum absolute atomic E-state index is 12.1. The smallest absolute Gasteiger partial charge is 0.264 e. The molecule has 0 saturated heterocycles. The highest BCUT2D eigenvalue weighted by Crippen LogP contribution is 2.25. The van der Waals surface area contributed by atoms with Gasteiger partial charge in [-0.2, -0.15) is 0 Å². The molecule has 8 heteroatoms. The van der Waals surface area contributed by atoms with E-state index in [-0.39, 0.29) is 12.5 Å². The van der Waals surface area contributed by atoms with Crippen molar-refractivity contribution in [3.05, 3.63) is 59.1 Å². The number of rotatable bonds is 8. The van der Waals surface area contributed by atoms with Crippen LogP contribution in [0, 0.1) is 0 Å². The van der Waals surface area contributed by atoms with Crippen molar-refractivity contribution >= 4 is 34.5 Å². The van der Waals surface area contributed by atoms with Gasteiger partial charge < -0.3 is 14.2 Å². The molecular formula is C20H19N3O4S. The van der Waals surface area contributed by atoms with E-state index in [1.54, 1.807) is 26.4 Å². The third kappa shape index (κ3) is 5.31. The van der Waals surface area contributed by atoms with Gasteiger partial charge in [-0.25, -0.2) is 0 Å². The number of ether oxygens (including phenoxy) is 3. The largest absolute Gasteiger partial charge is 0.497 e. The predicted octanol–water partition coefficient (Wildman–Crippen LogP) is 3.74. The third-order valence-corrected chi connectivity index (χ3v) is 4.45. The maximum Gasteiger partial charge on any atom is 0.264 e. The Morgan fingerprint density at radius 2 is 1.75 bits per heavy atom. The summed E-state index contributed by atoms with van der Waals surface area (Å²) >= 11 is 1.27. The van der Waals surface area contributed by atoms with E-state index >= 15 is 0 Å². The number of nitrogens with one attached hydrogen (secondary N) is 1. The molecule has 7 nitrogen and oxygen atoms in total. The molecule has 0 atom stereocenters. The number of methoxy groups -OCH3 is 2. The lowest BCUT2D eigenvalue weighted by Crippen LogP contribution is -2.20. The van der Waals surface area contributed by atoms with Gasteiger partial charge in [-0.15, -0.1) is 10.2 Å². The molecular weight excluding hydrogens is 378 g/mol. The summed E-state index contributed by atoms with van der Waals surface area (Å²) in [7, 11) is 3.17. The van der Waals surface area contributed by atoms with Crippen molar-refractivity contribution in [1.82, 2.24) is 10.2 Å². The Hall–Kier alpha value is -3.39. The summed E-state index contributed by atoms with van der Waals surface area (Å²) in [5.41, 5.74) is 1.01. The molecule has 0 fully saturated rings. The Labute approximate surface area is 166 Å². The molecule has 0 unspecified atom stereocenters. The molecule has 2 aromatic carbocycles. The zero-order valence-electron chi connectivity index (χ0n) is 15.4. The number of aromatic nitrogens is 2. The van der Waals surface area contributed by atoms with E-state index in [4.69, 9.17) is 14.2 Å². The molecule has 0 spiro atoms. The van der Waals surface area contributed by atoms with Gasteiger partial charge in [0, 0.05) is 0 Å². The Morgan fingerprint density at radius 1 is 1.00 bits per heavy atom. The van der Waals surface area contributed by atoms with Crippen molar-refractivity contribution in [1.29, 1.82) is 0 Å². The number of carbonyl (C=O) groups is 1. The standard InChI is InChI=1S/C20H19N3O4S/c1-25-15-10-7-14(8-11-15)9-12-19-22-23-20(28-19)21-18(24)13-27-17-6-4-3-5-16(17)26-2/h3-12H,13H2,1-2H3,(H,21,23,24). The quantitative estimate of drug-likeness (QED) is 0.623. The number of carbonyl (C=O) groups excluding carboxylic acids is 1. The summed E-state index contributed by atoms with van der Waals surface area (Å²) in [6.45, 7) is -0.156. The fraction of sp³-hybridized carbons (Fsp3) is 0.150. The van der Waals surface area contributed by atoms with Crippen LogP contribution in [0.25, 0.3) is 12.2 Å². The Bertz CT molecular complexity index is 954. The van der Waals surface area contributed by atoms with Crippen LogP contribution in [0.2, 0.25) is 0 Å². The van der Waals surface area contributed by atoms with Gasteiger partial charge in [0.2, 0.25) is 5.13 Å². The van der Waals surface area contributed by atoms with E-state index in [2.05, 4.69) is 15.5 Å². The lowest BCUT2D eigenvalue weighted by Gasteiger charge is -2.09. The van der Waals surface area contributed by atoms with Crippen molar-refractivity contribution in [3.63, 3.8) is 0 Å². The van der Waals surface area contributed by atoms with Gasteiger partial charge in [0.15, 0.2) is 18.1 Å². The Balaban J connectivity index is 1.53. The van der Waals surface area contributed by atoms with E-state index in [0.29, 0.717) is 21.6 Å². The molecule has 3 rings (SSSR count). The van der Waals surface area contributed by atoms with E-state index in [1.807, 2.05) is 48.6 Å². The summed E-state index contributed by atoms with van der Waals surface area (Å²) in [5, 5.41) is 11.8. The van der Waals surface area contributed by atoms with Crippen LogP contribution in [-0.4, -0.2) is 36.9 Å². The van der Waals surface area contributed by atoms with Crippen LogP contribution in [0.15, 0.2) is 48.5 Å². The number of hydrogen-bond acceptors (Lipinski definition) is 7. The molecule has 1 amide bonds. The summed E-state index contributed by atoms with van der Waals surface area (Å²) in [6, 6.07) is 14.8. The zero-order chi connectivity index (χ0) is 19.8. The maximum atomic E-state index is 12.1. The normalized spacial score (nSPS) is 10.6. The van der Waals surface area contributed by atoms with E-state index in [1.165, 1.54) is 11.3 Å². The van der Waals surface area contributed by atoms with Gasteiger partial charge in [0.05, 0.1) is 14.2 Å². The first-order chi connectivity index (χ1) is 13.7. The first-order valence-corrected chi connectivity index (χ1v) is 9.21. The van der Waals surface area contributed by atoms with Crippen LogP contribution in [0.3, 0.4) is 0 Å². The molecule has 1 heterocycles. The minimum Gasteiger partial charge on any atom is -0.497 e. The molecule has 1 aromatic heterocycles. The van der Waals surface area contributed by atoms with Crippen molar-refractivity contribution in [2.24, 2.45) is 0 Å². The number of nitrogens with zero attached hydrogens (tertiary/aromatic N) is 2. The highest BCUT2D eigenvalue weighted by molar-refractivity contribution is 7.16. The van der Waals surface area contributed by atoms with Gasteiger partial charge in [0.1, 0.15) is 10.8 Å². The number of benzene rings is 2. The van der Waals surface area contributed by atoms with Crippen molar-refractivity contribution in [2.45, 2.75) is 0 Å². The molecule has 0 aliphatic carbocycles. The minimum atomic E-state index is -0.326. The summed E-state index contributed by atoms with van der Waals surface area (Å²) in [5.74, 6) is 1.54. The summed E-state index contributed by atoms with van der Waals surface area (Å²) in [6.07, 6.45) is 3.75. The van der Waals surface area contributed by atoms with Crippen molar-refractivity contribution in [3.8, 4) is 17.2 Å². The summed E-state index contributed by atoms with van der Waals surface area (Å²) in [4.78, 5) is 12.1. The number of amides is 1. The van der Waals surface area contributed by atoms with E-state index in [9.17, 15) is 4.79 Å². The fourth-order valence-electron chi connectivity index (χ4n) is 2.27. The lowest BCUT2D eigenvalue weighted by atomic mass is 10.2. The molecule has 1 N–H and O–H groups in total. The monoisotopic (exact) mass is 397 g/mol. The predicted molar refractivity (Wildman–Crippen MR) is 109 cm³/mol. The lowest BCUT2D eigenvalue weighted by molar-refractivity contribution is -0.118. The van der Waals surface area contributed by atoms with Crippen LogP contribution in [0.1, 0.15) is 10.6 Å². The van der Waals surface area contributed by atoms with Crippen LogP contribution < -0.4 is 19.5 Å². The molecule has 0 radical (unpaired) electrons. The number of para-hydroxylation sites is 2. The highest BCUT2D eigenvalue weighted by atomic mass is 32.1. The van der Waals surface area contributed by atoms with Crippen LogP contribution in [0.4, 0.5) is 5.13 Å². The van der Waals surface area contributed by atoms with Gasteiger partial charge >= 0.3 is 0 Å². The van der Waals surface area contributed by atoms with Gasteiger partial charge in [-0.1, -0.05) is 41.7 Å². The molecule has 0 bridgehead atoms. The topological polar surface area (TPSA) is 82.6 Å². The zero-order valence-corrected chi connectivity index (χ0v) is 16.2. The number of anilines is 1. The molecule has 0 aliphatic heterocycles. The van der Waals surface area contributed by atoms with Crippen LogP contribution >= 0.6 is 11.3 Å². The molecule has 3 aromatic rings. The average molecular weight is 397 g/mol. The highest BCUT2D eigenvalue weighted by Gasteiger charge is 2.10. The van der Waals surface area contributed by atoms with Crippen LogP contribution in [-0.2, 0) is 4.79 Å². The van der Waals surface area contributed by atoms with Crippen LogP contribution in [0.5, 0.6) is 17.2 Å². The fourth-order valence-corrected chi connectivity index (χ4v) is 2.93. The van der Waals surface area contributed by atoms with Gasteiger partial charge in [-0.3, -0.25) is 10.1 Å². The van der Waals surface area contributed by atoms with Gasteiger partial charge in [0.25, 0.3) is 5.91 Å². The Morgan fingerprint density at radius 3 is 2.46 bits per heavy atom. The second-order valence-corrected chi connectivity index (χ2v) is 6.55. The second-order valence-electron chi connectivity index (χ2n) is 5.54. The molecule has 0 saturated carbocycles. The third-order valence-electron chi connectivity index (χ3n) is 3.65. The van der Waals surface area contributed by atoms with E-state index < -0.39 is 0 Å². The minimum absolute atomic E-state index is 0.156. The first kappa shape index (κ1) is 19.4. The average Bonchev–Trinajstić information content (AvgIpc) is 3.18. The second kappa shape index (κ2) is 9.52. The van der Waals surface area contributed by atoms with E-state index in [0.717, 1.165) is 11.3 Å². The Kier molecular flexibility index (Phi) is 6.59. The number of hydrogen-bond donors (Lipinski definition) is 1. The first-order valence-electron chi connectivity index (χ1n) is 8.39. The molecule has 28 heavy (non-hydrogen) atoms. The molecule has 0 aliphatic rings.